The normalized spacial score (nSPS) is 19.7. The van der Waals surface area contributed by atoms with Gasteiger partial charge in [-0.1, -0.05) is 24.3 Å². The molecule has 0 bridgehead atoms. The molecule has 5 nitrogen and oxygen atoms in total. The molecule has 0 aromatic heterocycles. The van der Waals surface area contributed by atoms with Gasteiger partial charge in [0.05, 0.1) is 6.26 Å². The monoisotopic (exact) mass is 354 g/mol. The van der Waals surface area contributed by atoms with E-state index in [0.29, 0.717) is 17.2 Å². The van der Waals surface area contributed by atoms with Gasteiger partial charge in [-0.2, -0.15) is 0 Å². The van der Waals surface area contributed by atoms with Crippen molar-refractivity contribution in [3.05, 3.63) is 48.0 Å². The van der Waals surface area contributed by atoms with Gasteiger partial charge in [0.1, 0.15) is 5.75 Å². The summed E-state index contributed by atoms with van der Waals surface area (Å²) in [5.74, 6) is 0.538. The minimum absolute atomic E-state index is 0. The summed E-state index contributed by atoms with van der Waals surface area (Å²) in [6.45, 7) is 0. The van der Waals surface area contributed by atoms with Crippen molar-refractivity contribution in [1.82, 2.24) is 0 Å². The number of rotatable bonds is 4. The van der Waals surface area contributed by atoms with E-state index in [1.54, 1.807) is 6.07 Å². The Kier molecular flexibility index (Phi) is 4.89. The van der Waals surface area contributed by atoms with E-state index in [2.05, 4.69) is 4.72 Å². The van der Waals surface area contributed by atoms with Gasteiger partial charge in [-0.15, -0.1) is 12.4 Å². The fourth-order valence-electron chi connectivity index (χ4n) is 2.55. The van der Waals surface area contributed by atoms with E-state index >= 15 is 0 Å². The predicted octanol–water partition coefficient (Wildman–Crippen LogP) is 2.67. The van der Waals surface area contributed by atoms with Gasteiger partial charge in [-0.3, -0.25) is 4.72 Å². The van der Waals surface area contributed by atoms with Gasteiger partial charge in [-0.25, -0.2) is 8.42 Å². The van der Waals surface area contributed by atoms with Crippen molar-refractivity contribution in [3.8, 4) is 16.9 Å². The molecule has 0 radical (unpaired) electrons. The topological polar surface area (TPSA) is 92.4 Å². The molecule has 0 amide bonds. The summed E-state index contributed by atoms with van der Waals surface area (Å²) in [5, 5.41) is 10.0. The Hall–Kier alpha value is -1.76. The van der Waals surface area contributed by atoms with Crippen molar-refractivity contribution in [3.63, 3.8) is 0 Å². The molecular formula is C16H19ClN2O3S. The van der Waals surface area contributed by atoms with Gasteiger partial charge in [0.25, 0.3) is 0 Å². The van der Waals surface area contributed by atoms with E-state index in [1.165, 1.54) is 17.7 Å². The van der Waals surface area contributed by atoms with Gasteiger partial charge >= 0.3 is 0 Å². The highest BCUT2D eigenvalue weighted by Gasteiger charge is 2.34. The molecule has 124 valence electrons. The molecule has 1 fully saturated rings. The van der Waals surface area contributed by atoms with Crippen LogP contribution >= 0.6 is 12.4 Å². The summed E-state index contributed by atoms with van der Waals surface area (Å²) in [6, 6.07) is 12.7. The molecule has 0 spiro atoms. The highest BCUT2D eigenvalue weighted by atomic mass is 35.5. The maximum absolute atomic E-state index is 11.3. The quantitative estimate of drug-likeness (QED) is 0.736. The number of nitrogens with two attached hydrogens (primary N) is 1. The first-order valence-electron chi connectivity index (χ1n) is 7.00. The number of halogens is 1. The van der Waals surface area contributed by atoms with Crippen LogP contribution in [0.2, 0.25) is 0 Å². The smallest absolute Gasteiger partial charge is 0.229 e. The van der Waals surface area contributed by atoms with Gasteiger partial charge < -0.3 is 10.8 Å². The van der Waals surface area contributed by atoms with Crippen LogP contribution in [-0.4, -0.2) is 25.8 Å². The predicted molar refractivity (Wildman–Crippen MR) is 94.6 cm³/mol. The van der Waals surface area contributed by atoms with Crippen LogP contribution in [0.5, 0.6) is 5.75 Å². The molecule has 2 aromatic carbocycles. The fraction of sp³-hybridized carbons (Fsp3) is 0.250. The Morgan fingerprint density at radius 2 is 1.78 bits per heavy atom. The Balaban J connectivity index is 0.00000192. The third-order valence-corrected chi connectivity index (χ3v) is 4.40. The average Bonchev–Trinajstić information content (AvgIpc) is 3.17. The molecule has 3 rings (SSSR count). The van der Waals surface area contributed by atoms with Crippen LogP contribution in [0, 0.1) is 0 Å². The molecule has 2 atom stereocenters. The summed E-state index contributed by atoms with van der Waals surface area (Å²) in [4.78, 5) is 0. The standard InChI is InChI=1S/C16H18N2O3S.ClH/c1-22(20,21)18-12-6-7-16(19)14(8-12)11-4-2-10(3-5-11)13-9-15(13)17;/h2-8,13,15,18-19H,9,17H2,1H3;1H. The van der Waals surface area contributed by atoms with Crippen molar-refractivity contribution in [2.75, 3.05) is 11.0 Å². The van der Waals surface area contributed by atoms with Gasteiger partial charge in [0.15, 0.2) is 0 Å². The van der Waals surface area contributed by atoms with Crippen LogP contribution in [0.15, 0.2) is 42.5 Å². The number of hydrogen-bond donors (Lipinski definition) is 3. The second-order valence-electron chi connectivity index (χ2n) is 5.73. The van der Waals surface area contributed by atoms with Crippen molar-refractivity contribution in [1.29, 1.82) is 0 Å². The second-order valence-corrected chi connectivity index (χ2v) is 7.48. The Morgan fingerprint density at radius 3 is 2.30 bits per heavy atom. The molecule has 0 saturated heterocycles. The summed E-state index contributed by atoms with van der Waals surface area (Å²) >= 11 is 0. The van der Waals surface area contributed by atoms with E-state index in [-0.39, 0.29) is 24.2 Å². The number of aromatic hydroxyl groups is 1. The lowest BCUT2D eigenvalue weighted by Crippen LogP contribution is -2.09. The highest BCUT2D eigenvalue weighted by molar-refractivity contribution is 7.92. The third-order valence-electron chi connectivity index (χ3n) is 3.79. The Morgan fingerprint density at radius 1 is 1.17 bits per heavy atom. The van der Waals surface area contributed by atoms with Crippen molar-refractivity contribution in [2.45, 2.75) is 18.4 Å². The van der Waals surface area contributed by atoms with E-state index < -0.39 is 10.0 Å². The minimum atomic E-state index is -3.35. The first-order chi connectivity index (χ1) is 10.3. The van der Waals surface area contributed by atoms with Crippen LogP contribution < -0.4 is 10.5 Å². The first kappa shape index (κ1) is 17.6. The van der Waals surface area contributed by atoms with E-state index in [9.17, 15) is 13.5 Å². The van der Waals surface area contributed by atoms with Crippen LogP contribution in [0.4, 0.5) is 5.69 Å². The fourth-order valence-corrected chi connectivity index (χ4v) is 3.11. The number of phenolic OH excluding ortho intramolecular Hbond substituents is 1. The number of sulfonamides is 1. The summed E-state index contributed by atoms with van der Waals surface area (Å²) in [6.07, 6.45) is 2.10. The molecule has 1 aliphatic carbocycles. The van der Waals surface area contributed by atoms with Crippen LogP contribution in [0.1, 0.15) is 17.9 Å². The highest BCUT2D eigenvalue weighted by Crippen LogP contribution is 2.40. The number of anilines is 1. The van der Waals surface area contributed by atoms with E-state index in [1.807, 2.05) is 24.3 Å². The molecule has 1 aliphatic rings. The number of phenols is 1. The Labute approximate surface area is 142 Å². The van der Waals surface area contributed by atoms with Crippen molar-refractivity contribution < 1.29 is 13.5 Å². The maximum atomic E-state index is 11.3. The number of benzene rings is 2. The zero-order chi connectivity index (χ0) is 15.9. The van der Waals surface area contributed by atoms with E-state index in [4.69, 9.17) is 5.73 Å². The molecule has 0 heterocycles. The number of hydrogen-bond acceptors (Lipinski definition) is 4. The third kappa shape index (κ3) is 4.16. The summed E-state index contributed by atoms with van der Waals surface area (Å²) < 4.78 is 25.0. The first-order valence-corrected chi connectivity index (χ1v) is 8.89. The zero-order valence-electron chi connectivity index (χ0n) is 12.6. The van der Waals surface area contributed by atoms with Gasteiger partial charge in [-0.05, 0) is 35.7 Å². The maximum Gasteiger partial charge on any atom is 0.229 e. The lowest BCUT2D eigenvalue weighted by molar-refractivity contribution is 0.477. The Bertz CT molecular complexity index is 807. The van der Waals surface area contributed by atoms with E-state index in [0.717, 1.165) is 18.2 Å². The molecule has 2 aromatic rings. The van der Waals surface area contributed by atoms with Gasteiger partial charge in [0.2, 0.25) is 10.0 Å². The molecule has 4 N–H and O–H groups in total. The molecule has 0 aliphatic heterocycles. The van der Waals surface area contributed by atoms with Crippen LogP contribution in [0.3, 0.4) is 0 Å². The minimum Gasteiger partial charge on any atom is -0.507 e. The summed E-state index contributed by atoms with van der Waals surface area (Å²) in [5.41, 5.74) is 8.87. The largest absolute Gasteiger partial charge is 0.507 e. The average molecular weight is 355 g/mol. The van der Waals surface area contributed by atoms with Gasteiger partial charge in [0, 0.05) is 23.2 Å². The molecule has 23 heavy (non-hydrogen) atoms. The molecule has 1 saturated carbocycles. The van der Waals surface area contributed by atoms with Crippen LogP contribution in [-0.2, 0) is 10.0 Å². The molecular weight excluding hydrogens is 336 g/mol. The van der Waals surface area contributed by atoms with Crippen molar-refractivity contribution in [2.24, 2.45) is 5.73 Å². The SMILES string of the molecule is CS(=O)(=O)Nc1ccc(O)c(-c2ccc(C3CC3N)cc2)c1.Cl. The van der Waals surface area contributed by atoms with Crippen LogP contribution in [0.25, 0.3) is 11.1 Å². The molecule has 2 unspecified atom stereocenters. The summed E-state index contributed by atoms with van der Waals surface area (Å²) in [7, 11) is -3.35. The molecule has 7 heteroatoms. The van der Waals surface area contributed by atoms with Crippen molar-refractivity contribution >= 4 is 28.1 Å². The second kappa shape index (κ2) is 6.39. The zero-order valence-corrected chi connectivity index (χ0v) is 14.2. The lowest BCUT2D eigenvalue weighted by Gasteiger charge is -2.10. The lowest BCUT2D eigenvalue weighted by atomic mass is 10.0. The number of nitrogens with one attached hydrogen (secondary N) is 1.